The normalized spacial score (nSPS) is 26.1. The molecule has 0 unspecified atom stereocenters. The van der Waals surface area contributed by atoms with Crippen LogP contribution in [0.25, 0.3) is 0 Å². The van der Waals surface area contributed by atoms with Gasteiger partial charge in [0.2, 0.25) is 5.76 Å². The van der Waals surface area contributed by atoms with E-state index in [2.05, 4.69) is 5.10 Å². The molecule has 1 aromatic carbocycles. The Bertz CT molecular complexity index is 1140. The summed E-state index contributed by atoms with van der Waals surface area (Å²) in [5.41, 5.74) is -0.203. The van der Waals surface area contributed by atoms with Crippen molar-refractivity contribution in [3.05, 3.63) is 70.2 Å². The second kappa shape index (κ2) is 7.01. The maximum atomic E-state index is 12.8. The van der Waals surface area contributed by atoms with E-state index in [4.69, 9.17) is 9.15 Å². The number of esters is 1. The number of hydrogen-bond acceptors (Lipinski definition) is 8. The van der Waals surface area contributed by atoms with Crippen LogP contribution in [0.5, 0.6) is 5.75 Å². The van der Waals surface area contributed by atoms with Gasteiger partial charge in [0.25, 0.3) is 17.5 Å². The molecule has 4 atom stereocenters. The smallest absolute Gasteiger partial charge is 0.379 e. The van der Waals surface area contributed by atoms with Gasteiger partial charge in [-0.05, 0) is 36.5 Å². The number of hydrazone groups is 1. The highest BCUT2D eigenvalue weighted by Gasteiger charge is 2.59. The Morgan fingerprint density at radius 1 is 1.19 bits per heavy atom. The van der Waals surface area contributed by atoms with Gasteiger partial charge in [0.05, 0.1) is 29.2 Å². The van der Waals surface area contributed by atoms with E-state index in [0.717, 1.165) is 23.7 Å². The summed E-state index contributed by atoms with van der Waals surface area (Å²) in [6.45, 7) is 0. The van der Waals surface area contributed by atoms with Gasteiger partial charge in [-0.1, -0.05) is 12.2 Å². The second-order valence-electron chi connectivity index (χ2n) is 7.58. The molecule has 31 heavy (non-hydrogen) atoms. The molecule has 2 aliphatic carbocycles. The standard InChI is InChI=1S/C21H15N3O7/c25-19-17-11-3-4-12(8-11)18(17)20(26)23(19)22-10-13-9-14(24(28)29)5-6-15(13)31-21(27)16-2-1-7-30-16/h1-7,9-12,17-18H,8H2/t11-,12-,17-,18+/m0/s1. The minimum atomic E-state index is -0.806. The number of fused-ring (bicyclic) bond motifs is 5. The summed E-state index contributed by atoms with van der Waals surface area (Å²) in [7, 11) is 0. The first kappa shape index (κ1) is 18.9. The first-order chi connectivity index (χ1) is 14.9. The monoisotopic (exact) mass is 421 g/mol. The highest BCUT2D eigenvalue weighted by Crippen LogP contribution is 2.52. The van der Waals surface area contributed by atoms with Crippen LogP contribution >= 0.6 is 0 Å². The lowest BCUT2D eigenvalue weighted by Crippen LogP contribution is -2.28. The van der Waals surface area contributed by atoms with Crippen LogP contribution in [-0.4, -0.2) is 33.9 Å². The van der Waals surface area contributed by atoms with Crippen molar-refractivity contribution in [3.63, 3.8) is 0 Å². The zero-order valence-electron chi connectivity index (χ0n) is 15.9. The molecule has 5 rings (SSSR count). The zero-order valence-corrected chi connectivity index (χ0v) is 15.9. The van der Waals surface area contributed by atoms with E-state index < -0.39 is 22.7 Å². The lowest BCUT2D eigenvalue weighted by Gasteiger charge is -2.13. The van der Waals surface area contributed by atoms with Crippen molar-refractivity contribution < 1.29 is 28.5 Å². The minimum absolute atomic E-state index is 0.0308. The van der Waals surface area contributed by atoms with Crippen molar-refractivity contribution in [3.8, 4) is 5.75 Å². The van der Waals surface area contributed by atoms with Crippen molar-refractivity contribution >= 4 is 29.7 Å². The van der Waals surface area contributed by atoms with Crippen LogP contribution in [-0.2, 0) is 9.59 Å². The number of carbonyl (C=O) groups excluding carboxylic acids is 3. The van der Waals surface area contributed by atoms with Crippen LogP contribution < -0.4 is 4.74 Å². The first-order valence-electron chi connectivity index (χ1n) is 9.58. The number of rotatable bonds is 5. The van der Waals surface area contributed by atoms with E-state index in [1.54, 1.807) is 0 Å². The first-order valence-corrected chi connectivity index (χ1v) is 9.58. The van der Waals surface area contributed by atoms with E-state index >= 15 is 0 Å². The maximum absolute atomic E-state index is 12.8. The third kappa shape index (κ3) is 3.03. The summed E-state index contributed by atoms with van der Waals surface area (Å²) in [6, 6.07) is 6.47. The van der Waals surface area contributed by atoms with Gasteiger partial charge in [0.15, 0.2) is 0 Å². The molecule has 2 amide bonds. The second-order valence-corrected chi connectivity index (χ2v) is 7.58. The largest absolute Gasteiger partial charge is 0.457 e. The molecule has 2 heterocycles. The Kier molecular flexibility index (Phi) is 4.28. The topological polar surface area (TPSA) is 132 Å². The molecule has 1 saturated carbocycles. The average molecular weight is 421 g/mol. The van der Waals surface area contributed by atoms with Crippen molar-refractivity contribution in [1.29, 1.82) is 0 Å². The predicted molar refractivity (Wildman–Crippen MR) is 104 cm³/mol. The van der Waals surface area contributed by atoms with Crippen molar-refractivity contribution in [2.45, 2.75) is 6.42 Å². The number of carbonyl (C=O) groups is 3. The van der Waals surface area contributed by atoms with Crippen LogP contribution in [0.3, 0.4) is 0 Å². The van der Waals surface area contributed by atoms with Gasteiger partial charge in [0.1, 0.15) is 5.75 Å². The summed E-state index contributed by atoms with van der Waals surface area (Å²) in [5.74, 6) is -2.42. The number of imide groups is 1. The molecule has 3 aliphatic rings. The third-order valence-electron chi connectivity index (χ3n) is 5.89. The van der Waals surface area contributed by atoms with Crippen molar-refractivity contribution in [2.24, 2.45) is 28.8 Å². The fraction of sp³-hybridized carbons (Fsp3) is 0.238. The fourth-order valence-corrected chi connectivity index (χ4v) is 4.51. The molecular formula is C21H15N3O7. The molecule has 1 aliphatic heterocycles. The summed E-state index contributed by atoms with van der Waals surface area (Å²) in [5, 5.41) is 16.0. The van der Waals surface area contributed by atoms with Crippen molar-refractivity contribution in [2.75, 3.05) is 0 Å². The average Bonchev–Trinajstić information content (AvgIpc) is 3.53. The van der Waals surface area contributed by atoms with E-state index in [-0.39, 0.29) is 46.4 Å². The molecule has 2 bridgehead atoms. The predicted octanol–water partition coefficient (Wildman–Crippen LogP) is 2.55. The number of allylic oxidation sites excluding steroid dienone is 2. The van der Waals surface area contributed by atoms with Gasteiger partial charge in [0, 0.05) is 17.7 Å². The summed E-state index contributed by atoms with van der Waals surface area (Å²) < 4.78 is 10.3. The molecule has 156 valence electrons. The molecule has 0 radical (unpaired) electrons. The van der Waals surface area contributed by atoms with Gasteiger partial charge in [-0.3, -0.25) is 19.7 Å². The number of nitrogens with zero attached hydrogens (tertiary/aromatic N) is 3. The Morgan fingerprint density at radius 3 is 2.52 bits per heavy atom. The van der Waals surface area contributed by atoms with Gasteiger partial charge >= 0.3 is 5.97 Å². The molecular weight excluding hydrogens is 406 g/mol. The maximum Gasteiger partial charge on any atom is 0.379 e. The Morgan fingerprint density at radius 2 is 1.90 bits per heavy atom. The molecule has 0 N–H and O–H groups in total. The van der Waals surface area contributed by atoms with Gasteiger partial charge in [-0.2, -0.15) is 10.1 Å². The molecule has 2 fully saturated rings. The van der Waals surface area contributed by atoms with E-state index in [9.17, 15) is 24.5 Å². The number of amides is 2. The zero-order chi connectivity index (χ0) is 21.7. The number of ether oxygens (including phenoxy) is 1. The van der Waals surface area contributed by atoms with Gasteiger partial charge in [-0.25, -0.2) is 4.79 Å². The summed E-state index contributed by atoms with van der Waals surface area (Å²) in [4.78, 5) is 48.3. The Balaban J connectivity index is 1.43. The molecule has 2 aromatic rings. The molecule has 1 aromatic heterocycles. The van der Waals surface area contributed by atoms with Crippen LogP contribution in [0, 0.1) is 33.8 Å². The molecule has 10 heteroatoms. The molecule has 10 nitrogen and oxygen atoms in total. The minimum Gasteiger partial charge on any atom is -0.457 e. The van der Waals surface area contributed by atoms with Gasteiger partial charge < -0.3 is 9.15 Å². The highest BCUT2D eigenvalue weighted by atomic mass is 16.6. The van der Waals surface area contributed by atoms with Crippen LogP contribution in [0.1, 0.15) is 22.5 Å². The Hall–Kier alpha value is -4.08. The number of nitro groups is 1. The van der Waals surface area contributed by atoms with E-state index in [1.165, 1.54) is 30.5 Å². The van der Waals surface area contributed by atoms with Crippen LogP contribution in [0.4, 0.5) is 5.69 Å². The lowest BCUT2D eigenvalue weighted by atomic mass is 9.85. The number of hydrogen-bond donors (Lipinski definition) is 0. The quantitative estimate of drug-likeness (QED) is 0.138. The summed E-state index contributed by atoms with van der Waals surface area (Å²) >= 11 is 0. The van der Waals surface area contributed by atoms with Crippen LogP contribution in [0.15, 0.2) is 58.3 Å². The SMILES string of the molecule is O=C(Oc1ccc([N+](=O)[O-])cc1C=NN1C(=O)[C@@H]2[C@H](C1=O)[C@H]1C=C[C@H]2C1)c1ccco1. The third-order valence-corrected chi connectivity index (χ3v) is 5.89. The lowest BCUT2D eigenvalue weighted by molar-refractivity contribution is -0.384. The van der Waals surface area contributed by atoms with Crippen molar-refractivity contribution in [1.82, 2.24) is 5.01 Å². The fourth-order valence-electron chi connectivity index (χ4n) is 4.51. The molecule has 0 spiro atoms. The van der Waals surface area contributed by atoms with Crippen LogP contribution in [0.2, 0.25) is 0 Å². The molecule has 1 saturated heterocycles. The summed E-state index contributed by atoms with van der Waals surface area (Å²) in [6.07, 6.45) is 7.15. The van der Waals surface area contributed by atoms with E-state index in [1.807, 2.05) is 12.2 Å². The number of nitro benzene ring substituents is 1. The number of furan rings is 1. The van der Waals surface area contributed by atoms with Gasteiger partial charge in [-0.15, -0.1) is 0 Å². The highest BCUT2D eigenvalue weighted by molar-refractivity contribution is 6.07. The Labute approximate surface area is 174 Å². The number of benzene rings is 1. The number of non-ortho nitro benzene ring substituents is 1. The van der Waals surface area contributed by atoms with E-state index in [0.29, 0.717) is 0 Å².